The standard InChI is InChI=1S/2C11H13NO4.Cu/c2*1-7(13)10(11(15)16)12-6-8-4-2-3-5-9(8)14;/h2*2-7,10,13-14H,1H3,(H,15,16);/t2*7-,10+;/m11./s1. The summed E-state index contributed by atoms with van der Waals surface area (Å²) in [6.45, 7) is 2.70. The summed E-state index contributed by atoms with van der Waals surface area (Å²) in [4.78, 5) is 28.9. The number of aliphatic imine (C=N–C) groups is 2. The number of aliphatic hydroxyl groups excluding tert-OH is 2. The SMILES string of the molecule is C[C@@H](O)[C@H](N=Cc1ccccc1O)C(=O)O.C[C@@H](O)[C@H](N=Cc1ccccc1O)C(=O)O.[Cu]. The van der Waals surface area contributed by atoms with Crippen molar-refractivity contribution < 1.29 is 57.3 Å². The second-order valence-corrected chi connectivity index (χ2v) is 6.72. The summed E-state index contributed by atoms with van der Waals surface area (Å²) in [5, 5.41) is 54.7. The van der Waals surface area contributed by atoms with Crippen LogP contribution in [0.1, 0.15) is 25.0 Å². The minimum Gasteiger partial charge on any atom is -0.507 e. The van der Waals surface area contributed by atoms with Gasteiger partial charge in [-0.2, -0.15) is 0 Å². The van der Waals surface area contributed by atoms with E-state index in [1.54, 1.807) is 36.4 Å². The summed E-state index contributed by atoms with van der Waals surface area (Å²) >= 11 is 0. The van der Waals surface area contributed by atoms with Crippen molar-refractivity contribution in [2.75, 3.05) is 0 Å². The van der Waals surface area contributed by atoms with Crippen molar-refractivity contribution >= 4 is 24.4 Å². The maximum atomic E-state index is 10.7. The minimum absolute atomic E-state index is 0. The van der Waals surface area contributed by atoms with Gasteiger partial charge >= 0.3 is 11.9 Å². The quantitative estimate of drug-likeness (QED) is 0.227. The van der Waals surface area contributed by atoms with Gasteiger partial charge < -0.3 is 30.6 Å². The molecule has 6 N–H and O–H groups in total. The van der Waals surface area contributed by atoms with E-state index in [0.29, 0.717) is 11.1 Å². The van der Waals surface area contributed by atoms with Crippen LogP contribution in [0.2, 0.25) is 0 Å². The van der Waals surface area contributed by atoms with Gasteiger partial charge in [-0.3, -0.25) is 9.98 Å². The van der Waals surface area contributed by atoms with Crippen LogP contribution in [0.15, 0.2) is 58.5 Å². The van der Waals surface area contributed by atoms with E-state index >= 15 is 0 Å². The van der Waals surface area contributed by atoms with E-state index in [0.717, 1.165) is 0 Å². The number of aliphatic carboxylic acids is 2. The van der Waals surface area contributed by atoms with Crippen LogP contribution < -0.4 is 0 Å². The first kappa shape index (κ1) is 29.8. The zero-order chi connectivity index (χ0) is 24.3. The maximum absolute atomic E-state index is 10.7. The van der Waals surface area contributed by atoms with Crippen LogP contribution in [-0.2, 0) is 26.7 Å². The number of phenolic OH excluding ortho intramolecular Hbond substituents is 2. The normalized spacial score (nSPS) is 14.4. The van der Waals surface area contributed by atoms with Crippen molar-refractivity contribution in [2.24, 2.45) is 9.98 Å². The van der Waals surface area contributed by atoms with Crippen LogP contribution in [0.3, 0.4) is 0 Å². The Morgan fingerprint density at radius 3 is 1.27 bits per heavy atom. The van der Waals surface area contributed by atoms with Crippen molar-refractivity contribution in [1.82, 2.24) is 0 Å². The predicted octanol–water partition coefficient (Wildman–Crippen LogP) is 1.29. The molecule has 0 aromatic heterocycles. The summed E-state index contributed by atoms with van der Waals surface area (Å²) < 4.78 is 0. The third-order valence-corrected chi connectivity index (χ3v) is 4.04. The van der Waals surface area contributed by atoms with Gasteiger partial charge in [-0.15, -0.1) is 0 Å². The maximum Gasteiger partial charge on any atom is 0.331 e. The topological polar surface area (TPSA) is 180 Å². The summed E-state index contributed by atoms with van der Waals surface area (Å²) in [6.07, 6.45) is 0.306. The molecule has 0 saturated heterocycles. The molecule has 0 saturated carbocycles. The monoisotopic (exact) mass is 509 g/mol. The molecule has 0 unspecified atom stereocenters. The minimum atomic E-state index is -1.22. The largest absolute Gasteiger partial charge is 0.507 e. The Kier molecular flexibility index (Phi) is 13.3. The molecule has 33 heavy (non-hydrogen) atoms. The molecule has 1 radical (unpaired) electrons. The van der Waals surface area contributed by atoms with Crippen molar-refractivity contribution in [3.63, 3.8) is 0 Å². The van der Waals surface area contributed by atoms with Gasteiger partial charge in [0.05, 0.1) is 12.2 Å². The summed E-state index contributed by atoms with van der Waals surface area (Å²) in [7, 11) is 0. The Bertz CT molecular complexity index is 885. The van der Waals surface area contributed by atoms with Crippen molar-refractivity contribution in [3.8, 4) is 11.5 Å². The van der Waals surface area contributed by atoms with Gasteiger partial charge in [0.15, 0.2) is 12.1 Å². The number of para-hydroxylation sites is 2. The molecule has 183 valence electrons. The number of nitrogens with zero attached hydrogens (tertiary/aromatic N) is 2. The smallest absolute Gasteiger partial charge is 0.331 e. The van der Waals surface area contributed by atoms with Crippen molar-refractivity contribution in [1.29, 1.82) is 0 Å². The molecule has 2 aromatic carbocycles. The number of benzene rings is 2. The fourth-order valence-corrected chi connectivity index (χ4v) is 2.30. The second kappa shape index (κ2) is 14.8. The van der Waals surface area contributed by atoms with Gasteiger partial charge in [-0.1, -0.05) is 24.3 Å². The molecule has 10 nitrogen and oxygen atoms in total. The Morgan fingerprint density at radius 2 is 1.03 bits per heavy atom. The molecule has 0 fully saturated rings. The van der Waals surface area contributed by atoms with Crippen molar-refractivity contribution in [3.05, 3.63) is 59.7 Å². The molecular weight excluding hydrogens is 484 g/mol. The summed E-state index contributed by atoms with van der Waals surface area (Å²) in [6, 6.07) is 10.4. The van der Waals surface area contributed by atoms with Gasteiger partial charge in [0, 0.05) is 40.6 Å². The van der Waals surface area contributed by atoms with E-state index in [1.807, 2.05) is 0 Å². The number of aromatic hydroxyl groups is 2. The first-order valence-corrected chi connectivity index (χ1v) is 9.48. The van der Waals surface area contributed by atoms with Crippen LogP contribution in [0.5, 0.6) is 11.5 Å². The number of carbonyl (C=O) groups is 2. The molecular formula is C22H26CuN2O8. The van der Waals surface area contributed by atoms with E-state index in [2.05, 4.69) is 9.98 Å². The summed E-state index contributed by atoms with van der Waals surface area (Å²) in [5.41, 5.74) is 0.823. The third-order valence-electron chi connectivity index (χ3n) is 4.04. The number of carboxylic acids is 2. The number of carboxylic acid groups (broad SMARTS) is 2. The van der Waals surface area contributed by atoms with E-state index in [1.165, 1.54) is 38.4 Å². The molecule has 4 atom stereocenters. The molecule has 0 aliphatic carbocycles. The molecule has 0 spiro atoms. The van der Waals surface area contributed by atoms with Gasteiger partial charge in [-0.25, -0.2) is 9.59 Å². The number of rotatable bonds is 8. The van der Waals surface area contributed by atoms with E-state index < -0.39 is 36.2 Å². The number of phenols is 2. The molecule has 2 aromatic rings. The molecule has 2 rings (SSSR count). The zero-order valence-electron chi connectivity index (χ0n) is 17.8. The fraction of sp³-hybridized carbons (Fsp3) is 0.273. The average molecular weight is 510 g/mol. The zero-order valence-corrected chi connectivity index (χ0v) is 18.7. The fourth-order valence-electron chi connectivity index (χ4n) is 2.30. The molecule has 11 heteroatoms. The van der Waals surface area contributed by atoms with Crippen LogP contribution in [0.4, 0.5) is 0 Å². The molecule has 0 aliphatic rings. The van der Waals surface area contributed by atoms with Gasteiger partial charge in [0.1, 0.15) is 11.5 Å². The Hall–Kier alpha value is -3.24. The molecule has 0 bridgehead atoms. The Labute approximate surface area is 201 Å². The van der Waals surface area contributed by atoms with Gasteiger partial charge in [-0.05, 0) is 38.1 Å². The molecule has 0 aliphatic heterocycles. The van der Waals surface area contributed by atoms with Crippen molar-refractivity contribution in [2.45, 2.75) is 38.1 Å². The molecule has 0 amide bonds. The first-order chi connectivity index (χ1) is 15.0. The van der Waals surface area contributed by atoms with Crippen LogP contribution in [-0.4, -0.2) is 79.3 Å². The Morgan fingerprint density at radius 1 is 0.727 bits per heavy atom. The average Bonchev–Trinajstić information content (AvgIpc) is 2.70. The number of aliphatic hydroxyl groups is 2. The first-order valence-electron chi connectivity index (χ1n) is 9.48. The van der Waals surface area contributed by atoms with Crippen LogP contribution in [0, 0.1) is 0 Å². The van der Waals surface area contributed by atoms with Crippen LogP contribution >= 0.6 is 0 Å². The number of hydrogen-bond acceptors (Lipinski definition) is 8. The van der Waals surface area contributed by atoms with E-state index in [4.69, 9.17) is 10.2 Å². The second-order valence-electron chi connectivity index (χ2n) is 6.72. The third kappa shape index (κ3) is 10.3. The van der Waals surface area contributed by atoms with E-state index in [9.17, 15) is 30.0 Å². The number of hydrogen-bond donors (Lipinski definition) is 6. The van der Waals surface area contributed by atoms with Gasteiger partial charge in [0.2, 0.25) is 0 Å². The van der Waals surface area contributed by atoms with E-state index in [-0.39, 0.29) is 28.6 Å². The van der Waals surface area contributed by atoms with Crippen LogP contribution in [0.25, 0.3) is 0 Å². The molecule has 0 heterocycles. The predicted molar refractivity (Wildman–Crippen MR) is 118 cm³/mol. The Balaban J connectivity index is 0.000000602. The summed E-state index contributed by atoms with van der Waals surface area (Å²) in [5.74, 6) is -2.38. The van der Waals surface area contributed by atoms with Gasteiger partial charge in [0.25, 0.3) is 0 Å².